The first kappa shape index (κ1) is 13.2. The summed E-state index contributed by atoms with van der Waals surface area (Å²) in [6, 6.07) is 1.30. The third kappa shape index (κ3) is 2.55. The molecule has 4 rings (SSSR count). The van der Waals surface area contributed by atoms with E-state index in [1.165, 1.54) is 19.4 Å². The fourth-order valence-corrected chi connectivity index (χ4v) is 3.63. The van der Waals surface area contributed by atoms with Crippen LogP contribution in [0.25, 0.3) is 0 Å². The molecule has 21 heavy (non-hydrogen) atoms. The van der Waals surface area contributed by atoms with E-state index in [1.807, 2.05) is 0 Å². The number of amides is 1. The highest BCUT2D eigenvalue weighted by atomic mass is 16.2. The minimum absolute atomic E-state index is 0.0787. The Labute approximate surface area is 124 Å². The number of nitrogens with one attached hydrogen (secondary N) is 2. The molecule has 2 N–H and O–H groups in total. The van der Waals surface area contributed by atoms with Crippen LogP contribution in [0.3, 0.4) is 0 Å². The fourth-order valence-electron chi connectivity index (χ4n) is 3.63. The molecule has 114 valence electrons. The molecule has 3 fully saturated rings. The highest BCUT2D eigenvalue weighted by Crippen LogP contribution is 2.26. The Hall–Kier alpha value is -1.47. The highest BCUT2D eigenvalue weighted by Gasteiger charge is 2.32. The number of carbonyl (C=O) groups is 1. The molecule has 1 aromatic rings. The highest BCUT2D eigenvalue weighted by molar-refractivity contribution is 5.92. The van der Waals surface area contributed by atoms with Gasteiger partial charge in [-0.25, -0.2) is 4.68 Å². The lowest BCUT2D eigenvalue weighted by Gasteiger charge is -2.34. The molecule has 3 saturated heterocycles. The van der Waals surface area contributed by atoms with Gasteiger partial charge in [0.2, 0.25) is 0 Å². The van der Waals surface area contributed by atoms with Crippen molar-refractivity contribution in [1.82, 2.24) is 30.5 Å². The first-order valence-corrected chi connectivity index (χ1v) is 7.97. The number of fused-ring (bicyclic) bond motifs is 1. The molecule has 0 spiro atoms. The number of carbonyl (C=O) groups excluding carboxylic acids is 1. The Morgan fingerprint density at radius 2 is 2.19 bits per heavy atom. The summed E-state index contributed by atoms with van der Waals surface area (Å²) in [5, 5.41) is 14.4. The van der Waals surface area contributed by atoms with Crippen LogP contribution >= 0.6 is 0 Å². The number of rotatable bonds is 3. The zero-order valence-electron chi connectivity index (χ0n) is 12.2. The van der Waals surface area contributed by atoms with E-state index >= 15 is 0 Å². The number of piperidine rings is 1. The van der Waals surface area contributed by atoms with Gasteiger partial charge in [0, 0.05) is 31.7 Å². The van der Waals surface area contributed by atoms with Gasteiger partial charge in [0.25, 0.3) is 5.91 Å². The number of hydrogen-bond donors (Lipinski definition) is 2. The van der Waals surface area contributed by atoms with Crippen LogP contribution in [0.2, 0.25) is 0 Å². The van der Waals surface area contributed by atoms with Crippen LogP contribution < -0.4 is 10.6 Å². The van der Waals surface area contributed by atoms with E-state index in [0.717, 1.165) is 32.5 Å². The smallest absolute Gasteiger partial charge is 0.273 e. The minimum Gasteiger partial charge on any atom is -0.348 e. The predicted octanol–water partition coefficient (Wildman–Crippen LogP) is -0.221. The van der Waals surface area contributed by atoms with Gasteiger partial charge in [0.1, 0.15) is 0 Å². The summed E-state index contributed by atoms with van der Waals surface area (Å²) in [5.41, 5.74) is 0.441. The normalized spacial score (nSPS) is 29.9. The maximum Gasteiger partial charge on any atom is 0.273 e. The Morgan fingerprint density at radius 1 is 1.29 bits per heavy atom. The number of hydrogen-bond acceptors (Lipinski definition) is 5. The van der Waals surface area contributed by atoms with E-state index < -0.39 is 0 Å². The van der Waals surface area contributed by atoms with Gasteiger partial charge in [-0.05, 0) is 32.2 Å². The van der Waals surface area contributed by atoms with Crippen molar-refractivity contribution in [3.63, 3.8) is 0 Å². The van der Waals surface area contributed by atoms with E-state index in [9.17, 15) is 4.79 Å². The van der Waals surface area contributed by atoms with Crippen molar-refractivity contribution in [3.05, 3.63) is 11.9 Å². The van der Waals surface area contributed by atoms with Gasteiger partial charge < -0.3 is 15.5 Å². The van der Waals surface area contributed by atoms with Crippen LogP contribution in [-0.4, -0.2) is 64.1 Å². The minimum atomic E-state index is -0.0787. The molecule has 3 aliphatic heterocycles. The summed E-state index contributed by atoms with van der Waals surface area (Å²) < 4.78 is 1.80. The van der Waals surface area contributed by atoms with Crippen LogP contribution in [0.4, 0.5) is 0 Å². The summed E-state index contributed by atoms with van der Waals surface area (Å²) in [6.07, 6.45) is 6.47. The molecule has 2 unspecified atom stereocenters. The molecule has 0 saturated carbocycles. The Bertz CT molecular complexity index is 525. The van der Waals surface area contributed by atoms with Crippen molar-refractivity contribution >= 4 is 5.91 Å². The van der Waals surface area contributed by atoms with Crippen LogP contribution in [0.1, 0.15) is 42.2 Å². The fraction of sp³-hybridized carbons (Fsp3) is 0.786. The Kier molecular flexibility index (Phi) is 3.39. The van der Waals surface area contributed by atoms with Gasteiger partial charge in [-0.3, -0.25) is 4.79 Å². The molecule has 1 aromatic heterocycles. The van der Waals surface area contributed by atoms with E-state index in [0.29, 0.717) is 17.8 Å². The van der Waals surface area contributed by atoms with Gasteiger partial charge in [-0.15, -0.1) is 5.10 Å². The van der Waals surface area contributed by atoms with Gasteiger partial charge >= 0.3 is 0 Å². The molecule has 1 amide bonds. The van der Waals surface area contributed by atoms with Crippen molar-refractivity contribution in [2.45, 2.75) is 43.8 Å². The second kappa shape index (κ2) is 5.38. The van der Waals surface area contributed by atoms with E-state index in [4.69, 9.17) is 0 Å². The molecular formula is C14H22N6O. The molecule has 7 heteroatoms. The molecule has 7 nitrogen and oxygen atoms in total. The van der Waals surface area contributed by atoms with Crippen molar-refractivity contribution in [2.24, 2.45) is 0 Å². The SMILES string of the molecule is O=C(NC1CCN2CCCC2C1)c1cn(C2CNC2)nn1. The topological polar surface area (TPSA) is 75.1 Å². The molecule has 0 aliphatic carbocycles. The number of aromatic nitrogens is 3. The van der Waals surface area contributed by atoms with Crippen LogP contribution in [0.5, 0.6) is 0 Å². The lowest BCUT2D eigenvalue weighted by molar-refractivity contribution is 0.0891. The molecule has 3 aliphatic rings. The largest absolute Gasteiger partial charge is 0.348 e. The summed E-state index contributed by atoms with van der Waals surface area (Å²) >= 11 is 0. The van der Waals surface area contributed by atoms with E-state index in [2.05, 4.69) is 25.8 Å². The third-order valence-electron chi connectivity index (χ3n) is 5.03. The first-order chi connectivity index (χ1) is 10.3. The second-order valence-corrected chi connectivity index (χ2v) is 6.42. The molecule has 0 radical (unpaired) electrons. The van der Waals surface area contributed by atoms with Crippen LogP contribution in [0.15, 0.2) is 6.20 Å². The summed E-state index contributed by atoms with van der Waals surface area (Å²) in [4.78, 5) is 14.8. The average Bonchev–Trinajstić information content (AvgIpc) is 3.04. The number of nitrogens with zero attached hydrogens (tertiary/aromatic N) is 4. The lowest BCUT2D eigenvalue weighted by atomic mass is 9.97. The standard InChI is InChI=1S/C14H22N6O/c21-14(13-9-20(18-17-13)12-7-15-8-12)16-10-3-5-19-4-1-2-11(19)6-10/h9-12,15H,1-8H2,(H,16,21). The summed E-state index contributed by atoms with van der Waals surface area (Å²) in [7, 11) is 0. The Morgan fingerprint density at radius 3 is 3.00 bits per heavy atom. The lowest BCUT2D eigenvalue weighted by Crippen LogP contribution is -2.47. The molecule has 0 bridgehead atoms. The maximum absolute atomic E-state index is 12.3. The van der Waals surface area contributed by atoms with Crippen LogP contribution in [0, 0.1) is 0 Å². The first-order valence-electron chi connectivity index (χ1n) is 7.97. The molecular weight excluding hydrogens is 268 g/mol. The Balaban J connectivity index is 1.35. The van der Waals surface area contributed by atoms with Crippen molar-refractivity contribution < 1.29 is 4.79 Å². The third-order valence-corrected chi connectivity index (χ3v) is 5.03. The molecule has 0 aromatic carbocycles. The van der Waals surface area contributed by atoms with Gasteiger partial charge in [-0.2, -0.15) is 0 Å². The molecule has 4 heterocycles. The van der Waals surface area contributed by atoms with Gasteiger partial charge in [0.15, 0.2) is 5.69 Å². The van der Waals surface area contributed by atoms with Crippen LogP contribution in [-0.2, 0) is 0 Å². The molecule has 2 atom stereocenters. The predicted molar refractivity (Wildman–Crippen MR) is 77.0 cm³/mol. The zero-order valence-corrected chi connectivity index (χ0v) is 12.2. The summed E-state index contributed by atoms with van der Waals surface area (Å²) in [5.74, 6) is -0.0787. The quantitative estimate of drug-likeness (QED) is 0.805. The zero-order chi connectivity index (χ0) is 14.2. The van der Waals surface area contributed by atoms with E-state index in [1.54, 1.807) is 10.9 Å². The van der Waals surface area contributed by atoms with Gasteiger partial charge in [0.05, 0.1) is 12.2 Å². The monoisotopic (exact) mass is 290 g/mol. The van der Waals surface area contributed by atoms with Crippen molar-refractivity contribution in [1.29, 1.82) is 0 Å². The van der Waals surface area contributed by atoms with Gasteiger partial charge in [-0.1, -0.05) is 5.21 Å². The second-order valence-electron chi connectivity index (χ2n) is 6.42. The van der Waals surface area contributed by atoms with E-state index in [-0.39, 0.29) is 11.9 Å². The summed E-state index contributed by atoms with van der Waals surface area (Å²) in [6.45, 7) is 4.15. The van der Waals surface area contributed by atoms with Crippen molar-refractivity contribution in [3.8, 4) is 0 Å². The maximum atomic E-state index is 12.3. The average molecular weight is 290 g/mol. The van der Waals surface area contributed by atoms with Crippen molar-refractivity contribution in [2.75, 3.05) is 26.2 Å².